The average Bonchev–Trinajstić information content (AvgIpc) is 3.58. The molecule has 0 aliphatic carbocycles. The zero-order valence-corrected chi connectivity index (χ0v) is 30.1. The van der Waals surface area contributed by atoms with Crippen molar-refractivity contribution in [1.82, 2.24) is 0 Å². The molecule has 0 saturated carbocycles. The van der Waals surface area contributed by atoms with Crippen molar-refractivity contribution >= 4 is 92.9 Å². The molecule has 2 nitrogen and oxygen atoms in total. The lowest BCUT2D eigenvalue weighted by atomic mass is 9.89. The van der Waals surface area contributed by atoms with E-state index < -0.39 is 0 Å². The summed E-state index contributed by atoms with van der Waals surface area (Å²) in [6.45, 7) is 4.41. The molecule has 0 bridgehead atoms. The van der Waals surface area contributed by atoms with Gasteiger partial charge in [-0.2, -0.15) is 0 Å². The van der Waals surface area contributed by atoms with Crippen LogP contribution in [-0.2, 0) is 0 Å². The quantitative estimate of drug-likeness (QED) is 0.135. The fourth-order valence-electron chi connectivity index (χ4n) is 8.99. The molecule has 0 atom stereocenters. The molecule has 11 aromatic rings. The Bertz CT molecular complexity index is 3210. The van der Waals surface area contributed by atoms with Gasteiger partial charge in [-0.15, -0.1) is 0 Å². The molecule has 0 spiro atoms. The highest BCUT2D eigenvalue weighted by atomic mass is 16.3. The van der Waals surface area contributed by atoms with E-state index in [1.165, 1.54) is 93.2 Å². The molecule has 11 rings (SSSR count). The zero-order valence-electron chi connectivity index (χ0n) is 30.1. The number of nitrogens with zero attached hydrogens (tertiary/aromatic N) is 1. The van der Waals surface area contributed by atoms with Crippen molar-refractivity contribution in [2.45, 2.75) is 13.8 Å². The minimum absolute atomic E-state index is 0.896. The third kappa shape index (κ3) is 4.47. The van der Waals surface area contributed by atoms with Crippen LogP contribution in [-0.4, -0.2) is 0 Å². The minimum atomic E-state index is 0.896. The molecule has 54 heavy (non-hydrogen) atoms. The van der Waals surface area contributed by atoms with Crippen LogP contribution < -0.4 is 4.90 Å². The molecule has 0 aliphatic rings. The third-order valence-corrected chi connectivity index (χ3v) is 11.5. The number of rotatable bonds is 4. The summed E-state index contributed by atoms with van der Waals surface area (Å²) >= 11 is 0. The van der Waals surface area contributed by atoms with E-state index in [9.17, 15) is 0 Å². The van der Waals surface area contributed by atoms with E-state index in [4.69, 9.17) is 4.42 Å². The van der Waals surface area contributed by atoms with Crippen molar-refractivity contribution in [2.24, 2.45) is 0 Å². The van der Waals surface area contributed by atoms with Crippen molar-refractivity contribution < 1.29 is 4.42 Å². The van der Waals surface area contributed by atoms with Crippen LogP contribution in [0.1, 0.15) is 11.1 Å². The fraction of sp³-hybridized carbons (Fsp3) is 0.0385. The van der Waals surface area contributed by atoms with Gasteiger partial charge in [-0.3, -0.25) is 0 Å². The molecule has 0 saturated heterocycles. The molecule has 0 amide bonds. The second-order valence-electron chi connectivity index (χ2n) is 14.5. The monoisotopic (exact) mass is 689 g/mol. The Morgan fingerprint density at radius 3 is 1.30 bits per heavy atom. The first-order valence-corrected chi connectivity index (χ1v) is 18.7. The molecular weight excluding hydrogens is 655 g/mol. The summed E-state index contributed by atoms with van der Waals surface area (Å²) in [5, 5.41) is 14.6. The van der Waals surface area contributed by atoms with E-state index in [0.29, 0.717) is 0 Å². The van der Waals surface area contributed by atoms with E-state index in [-0.39, 0.29) is 0 Å². The second kappa shape index (κ2) is 11.8. The lowest BCUT2D eigenvalue weighted by Gasteiger charge is -2.31. The summed E-state index contributed by atoms with van der Waals surface area (Å²) < 4.78 is 6.65. The van der Waals surface area contributed by atoms with E-state index in [1.54, 1.807) is 0 Å². The van der Waals surface area contributed by atoms with Crippen molar-refractivity contribution in [1.29, 1.82) is 0 Å². The third-order valence-electron chi connectivity index (χ3n) is 11.5. The van der Waals surface area contributed by atoms with Gasteiger partial charge in [0.15, 0.2) is 0 Å². The van der Waals surface area contributed by atoms with Gasteiger partial charge in [0.1, 0.15) is 11.2 Å². The van der Waals surface area contributed by atoms with Crippen LogP contribution in [0.5, 0.6) is 0 Å². The van der Waals surface area contributed by atoms with Crippen LogP contribution in [0.15, 0.2) is 180 Å². The Kier molecular flexibility index (Phi) is 6.72. The highest BCUT2D eigenvalue weighted by Crippen LogP contribution is 2.50. The van der Waals surface area contributed by atoms with Gasteiger partial charge < -0.3 is 9.32 Å². The number of hydrogen-bond donors (Lipinski definition) is 0. The zero-order chi connectivity index (χ0) is 35.9. The van der Waals surface area contributed by atoms with Gasteiger partial charge >= 0.3 is 0 Å². The number of para-hydroxylation sites is 2. The standard InChI is InChI=1S/C52H35NO/c1-32-15-3-13-25-47(32)53(48-26-14-4-16-33(48)2)52-41-23-11-9-21-39(41)51(40-22-10-12-24-42(40)52)34-27-28-49-45(29-34)46-30-43-37-19-7-5-17-35(37)36-18-6-8-20-38(36)44(43)31-50(46)54-49/h3-31H,1-2H3. The Morgan fingerprint density at radius 2 is 0.759 bits per heavy atom. The highest BCUT2D eigenvalue weighted by Gasteiger charge is 2.24. The summed E-state index contributed by atoms with van der Waals surface area (Å²) in [4.78, 5) is 2.48. The molecule has 0 fully saturated rings. The van der Waals surface area contributed by atoms with Crippen LogP contribution in [0, 0.1) is 13.8 Å². The van der Waals surface area contributed by atoms with Gasteiger partial charge in [-0.1, -0.05) is 140 Å². The van der Waals surface area contributed by atoms with Crippen molar-refractivity contribution in [2.75, 3.05) is 4.90 Å². The van der Waals surface area contributed by atoms with Gasteiger partial charge in [0.25, 0.3) is 0 Å². The number of benzene rings is 10. The van der Waals surface area contributed by atoms with E-state index >= 15 is 0 Å². The molecule has 0 aliphatic heterocycles. The average molecular weight is 690 g/mol. The normalized spacial score (nSPS) is 11.9. The summed E-state index contributed by atoms with van der Waals surface area (Å²) in [5.74, 6) is 0. The molecule has 10 aromatic carbocycles. The van der Waals surface area contributed by atoms with Crippen LogP contribution in [0.3, 0.4) is 0 Å². The van der Waals surface area contributed by atoms with Crippen LogP contribution >= 0.6 is 0 Å². The smallest absolute Gasteiger partial charge is 0.136 e. The molecule has 0 radical (unpaired) electrons. The van der Waals surface area contributed by atoms with E-state index in [1.807, 2.05) is 0 Å². The summed E-state index contributed by atoms with van der Waals surface area (Å²) in [5.41, 5.74) is 10.2. The lowest BCUT2D eigenvalue weighted by molar-refractivity contribution is 0.669. The number of anilines is 3. The number of aryl methyl sites for hydroxylation is 2. The van der Waals surface area contributed by atoms with Crippen LogP contribution in [0.4, 0.5) is 17.1 Å². The molecular formula is C52H35NO. The molecule has 0 N–H and O–H groups in total. The van der Waals surface area contributed by atoms with Gasteiger partial charge in [-0.25, -0.2) is 0 Å². The van der Waals surface area contributed by atoms with E-state index in [2.05, 4.69) is 195 Å². The fourth-order valence-corrected chi connectivity index (χ4v) is 8.99. The SMILES string of the molecule is Cc1ccccc1N(c1ccccc1C)c1c2ccccc2c(-c2ccc3oc4cc5c6ccccc6c6ccccc6c5cc4c3c2)c2ccccc12. The first-order chi connectivity index (χ1) is 26.6. The number of fused-ring (bicyclic) bond motifs is 11. The first kappa shape index (κ1) is 30.7. The Hall–Kier alpha value is -6.90. The maximum atomic E-state index is 6.65. The van der Waals surface area contributed by atoms with Crippen LogP contribution in [0.25, 0.3) is 86.9 Å². The van der Waals surface area contributed by atoms with Gasteiger partial charge in [0.2, 0.25) is 0 Å². The molecule has 2 heteroatoms. The highest BCUT2D eigenvalue weighted by molar-refractivity contribution is 6.29. The molecule has 0 unspecified atom stereocenters. The second-order valence-corrected chi connectivity index (χ2v) is 14.5. The molecule has 254 valence electrons. The first-order valence-electron chi connectivity index (χ1n) is 18.7. The van der Waals surface area contributed by atoms with Crippen molar-refractivity contribution in [3.8, 4) is 11.1 Å². The van der Waals surface area contributed by atoms with E-state index in [0.717, 1.165) is 21.9 Å². The number of furan rings is 1. The summed E-state index contributed by atoms with van der Waals surface area (Å²) in [6.07, 6.45) is 0. The van der Waals surface area contributed by atoms with Crippen molar-refractivity contribution in [3.05, 3.63) is 187 Å². The lowest BCUT2D eigenvalue weighted by Crippen LogP contribution is -2.14. The van der Waals surface area contributed by atoms with Gasteiger partial charge in [0.05, 0.1) is 5.69 Å². The molecule has 1 heterocycles. The minimum Gasteiger partial charge on any atom is -0.456 e. The topological polar surface area (TPSA) is 16.4 Å². The predicted molar refractivity (Wildman–Crippen MR) is 231 cm³/mol. The Morgan fingerprint density at radius 1 is 0.333 bits per heavy atom. The van der Waals surface area contributed by atoms with Gasteiger partial charge in [-0.05, 0) is 116 Å². The summed E-state index contributed by atoms with van der Waals surface area (Å²) in [6, 6.07) is 64.1. The largest absolute Gasteiger partial charge is 0.456 e. The Labute approximate surface area is 313 Å². The predicted octanol–water partition coefficient (Wildman–Crippen LogP) is 15.1. The maximum absolute atomic E-state index is 6.65. The van der Waals surface area contributed by atoms with Crippen molar-refractivity contribution in [3.63, 3.8) is 0 Å². The summed E-state index contributed by atoms with van der Waals surface area (Å²) in [7, 11) is 0. The molecule has 1 aromatic heterocycles. The van der Waals surface area contributed by atoms with Gasteiger partial charge in [0, 0.05) is 32.9 Å². The number of hydrogen-bond acceptors (Lipinski definition) is 2. The maximum Gasteiger partial charge on any atom is 0.136 e. The van der Waals surface area contributed by atoms with Crippen LogP contribution in [0.2, 0.25) is 0 Å². The Balaban J connectivity index is 1.21.